The van der Waals surface area contributed by atoms with Gasteiger partial charge in [-0.1, -0.05) is 12.1 Å². The largest absolute Gasteiger partial charge is 0.481 e. The second-order valence-electron chi connectivity index (χ2n) is 5.46. The number of halogens is 1. The minimum absolute atomic E-state index is 0.287. The van der Waals surface area contributed by atoms with Crippen LogP contribution in [0.25, 0.3) is 0 Å². The van der Waals surface area contributed by atoms with Crippen LogP contribution < -0.4 is 0 Å². The van der Waals surface area contributed by atoms with E-state index >= 15 is 0 Å². The molecule has 4 nitrogen and oxygen atoms in total. The van der Waals surface area contributed by atoms with Crippen molar-refractivity contribution < 1.29 is 19.4 Å². The van der Waals surface area contributed by atoms with Crippen LogP contribution in [0.5, 0.6) is 0 Å². The number of aliphatic hydroxyl groups is 1. The van der Waals surface area contributed by atoms with Crippen molar-refractivity contribution >= 4 is 5.97 Å². The minimum Gasteiger partial charge on any atom is -0.481 e. The Morgan fingerprint density at radius 1 is 1.55 bits per heavy atom. The van der Waals surface area contributed by atoms with Crippen molar-refractivity contribution in [2.45, 2.75) is 25.9 Å². The Morgan fingerprint density at radius 2 is 2.30 bits per heavy atom. The molecule has 20 heavy (non-hydrogen) atoms. The second kappa shape index (κ2) is 6.33. The molecule has 2 N–H and O–H groups in total. The maximum atomic E-state index is 13.2. The van der Waals surface area contributed by atoms with Crippen LogP contribution in [0.15, 0.2) is 18.2 Å². The third-order valence-corrected chi connectivity index (χ3v) is 3.85. The molecule has 5 heteroatoms. The molecule has 2 unspecified atom stereocenters. The van der Waals surface area contributed by atoms with Gasteiger partial charge >= 0.3 is 5.97 Å². The summed E-state index contributed by atoms with van der Waals surface area (Å²) < 4.78 is 13.2. The number of aryl methyl sites for hydroxylation is 1. The number of carboxylic acids is 1. The Morgan fingerprint density at radius 3 is 2.95 bits per heavy atom. The number of piperidine rings is 1. The summed E-state index contributed by atoms with van der Waals surface area (Å²) in [6.45, 7) is 3.30. The molecule has 0 radical (unpaired) electrons. The zero-order valence-corrected chi connectivity index (χ0v) is 11.6. The average molecular weight is 281 g/mol. The van der Waals surface area contributed by atoms with Crippen molar-refractivity contribution in [1.29, 1.82) is 0 Å². The SMILES string of the molecule is Cc1cc(C(O)CN2CCCC(C(=O)O)C2)ccc1F. The number of hydrogen-bond acceptors (Lipinski definition) is 3. The van der Waals surface area contributed by atoms with Gasteiger partial charge in [-0.05, 0) is 43.5 Å². The first-order chi connectivity index (χ1) is 9.47. The second-order valence-corrected chi connectivity index (χ2v) is 5.46. The zero-order valence-electron chi connectivity index (χ0n) is 11.6. The molecule has 1 aromatic rings. The summed E-state index contributed by atoms with van der Waals surface area (Å²) in [5.74, 6) is -1.42. The third kappa shape index (κ3) is 3.55. The monoisotopic (exact) mass is 281 g/mol. The average Bonchev–Trinajstić information content (AvgIpc) is 2.42. The van der Waals surface area contributed by atoms with Crippen molar-refractivity contribution in [1.82, 2.24) is 4.90 Å². The van der Waals surface area contributed by atoms with E-state index in [0.717, 1.165) is 13.0 Å². The molecule has 2 rings (SSSR count). The molecule has 0 aromatic heterocycles. The van der Waals surface area contributed by atoms with Crippen LogP contribution in [0.4, 0.5) is 4.39 Å². The highest BCUT2D eigenvalue weighted by atomic mass is 19.1. The molecule has 0 saturated carbocycles. The molecular weight excluding hydrogens is 261 g/mol. The number of aliphatic hydroxyl groups excluding tert-OH is 1. The number of aliphatic carboxylic acids is 1. The van der Waals surface area contributed by atoms with Gasteiger partial charge in [0.1, 0.15) is 5.82 Å². The number of rotatable bonds is 4. The molecule has 1 heterocycles. The van der Waals surface area contributed by atoms with E-state index in [4.69, 9.17) is 5.11 Å². The number of β-amino-alcohol motifs (C(OH)–C–C–N with tert-alkyl or cyclic N) is 1. The molecule has 0 aliphatic carbocycles. The summed E-state index contributed by atoms with van der Waals surface area (Å²) >= 11 is 0. The van der Waals surface area contributed by atoms with Gasteiger partial charge in [0, 0.05) is 13.1 Å². The molecule has 1 aromatic carbocycles. The third-order valence-electron chi connectivity index (χ3n) is 3.85. The van der Waals surface area contributed by atoms with Gasteiger partial charge in [-0.15, -0.1) is 0 Å². The topological polar surface area (TPSA) is 60.8 Å². The highest BCUT2D eigenvalue weighted by Gasteiger charge is 2.26. The fraction of sp³-hybridized carbons (Fsp3) is 0.533. The van der Waals surface area contributed by atoms with Gasteiger partial charge in [0.25, 0.3) is 0 Å². The summed E-state index contributed by atoms with van der Waals surface area (Å²) in [7, 11) is 0. The fourth-order valence-corrected chi connectivity index (χ4v) is 2.65. The van der Waals surface area contributed by atoms with Gasteiger partial charge in [0.05, 0.1) is 12.0 Å². The van der Waals surface area contributed by atoms with E-state index in [1.165, 1.54) is 6.07 Å². The standard InChI is InChI=1S/C15H20FNO3/c1-10-7-11(4-5-13(10)16)14(18)9-17-6-2-3-12(8-17)15(19)20/h4-5,7,12,14,18H,2-3,6,8-9H2,1H3,(H,19,20). The lowest BCUT2D eigenvalue weighted by atomic mass is 9.97. The summed E-state index contributed by atoms with van der Waals surface area (Å²) in [6.07, 6.45) is 0.797. The van der Waals surface area contributed by atoms with E-state index in [1.54, 1.807) is 19.1 Å². The maximum Gasteiger partial charge on any atom is 0.307 e. The maximum absolute atomic E-state index is 13.2. The fourth-order valence-electron chi connectivity index (χ4n) is 2.65. The van der Waals surface area contributed by atoms with Crippen molar-refractivity contribution in [2.75, 3.05) is 19.6 Å². The predicted molar refractivity (Wildman–Crippen MR) is 72.9 cm³/mol. The van der Waals surface area contributed by atoms with E-state index in [-0.39, 0.29) is 11.7 Å². The van der Waals surface area contributed by atoms with Crippen LogP contribution in [0.3, 0.4) is 0 Å². The Kier molecular flexibility index (Phi) is 4.73. The molecule has 1 saturated heterocycles. The lowest BCUT2D eigenvalue weighted by Gasteiger charge is -2.32. The Bertz CT molecular complexity index is 492. The summed E-state index contributed by atoms with van der Waals surface area (Å²) in [4.78, 5) is 13.0. The quantitative estimate of drug-likeness (QED) is 0.885. The van der Waals surface area contributed by atoms with Crippen molar-refractivity contribution in [3.8, 4) is 0 Å². The Balaban J connectivity index is 1.98. The first kappa shape index (κ1) is 14.9. The predicted octanol–water partition coefficient (Wildman–Crippen LogP) is 1.96. The van der Waals surface area contributed by atoms with Crippen molar-refractivity contribution in [3.63, 3.8) is 0 Å². The number of hydrogen-bond donors (Lipinski definition) is 2. The Labute approximate surface area is 117 Å². The summed E-state index contributed by atoms with van der Waals surface area (Å²) in [5, 5.41) is 19.2. The van der Waals surface area contributed by atoms with E-state index in [9.17, 15) is 14.3 Å². The number of carbonyl (C=O) groups is 1. The van der Waals surface area contributed by atoms with Crippen LogP contribution >= 0.6 is 0 Å². The molecular formula is C15H20FNO3. The Hall–Kier alpha value is -1.46. The first-order valence-electron chi connectivity index (χ1n) is 6.86. The van der Waals surface area contributed by atoms with Gasteiger partial charge in [-0.25, -0.2) is 4.39 Å². The van der Waals surface area contributed by atoms with E-state index < -0.39 is 12.1 Å². The van der Waals surface area contributed by atoms with Crippen molar-refractivity contribution in [3.05, 3.63) is 35.1 Å². The van der Waals surface area contributed by atoms with Gasteiger partial charge in [0.15, 0.2) is 0 Å². The molecule has 110 valence electrons. The van der Waals surface area contributed by atoms with E-state index in [2.05, 4.69) is 0 Å². The smallest absolute Gasteiger partial charge is 0.307 e. The number of likely N-dealkylation sites (tertiary alicyclic amines) is 1. The van der Waals surface area contributed by atoms with E-state index in [0.29, 0.717) is 30.6 Å². The van der Waals surface area contributed by atoms with E-state index in [1.807, 2.05) is 4.90 Å². The molecule has 0 spiro atoms. The van der Waals surface area contributed by atoms with Crippen LogP contribution in [0.1, 0.15) is 30.1 Å². The number of benzene rings is 1. The number of nitrogens with zero attached hydrogens (tertiary/aromatic N) is 1. The minimum atomic E-state index is -0.776. The molecule has 1 aliphatic rings. The normalized spacial score (nSPS) is 21.6. The molecule has 1 aliphatic heterocycles. The highest BCUT2D eigenvalue weighted by molar-refractivity contribution is 5.70. The van der Waals surface area contributed by atoms with Gasteiger partial charge in [-0.2, -0.15) is 0 Å². The molecule has 1 fully saturated rings. The molecule has 0 amide bonds. The molecule has 0 bridgehead atoms. The lowest BCUT2D eigenvalue weighted by molar-refractivity contribution is -0.143. The lowest BCUT2D eigenvalue weighted by Crippen LogP contribution is -2.40. The summed E-state index contributed by atoms with van der Waals surface area (Å²) in [6, 6.07) is 4.56. The number of carboxylic acid groups (broad SMARTS) is 1. The summed E-state index contributed by atoms with van der Waals surface area (Å²) in [5.41, 5.74) is 1.17. The zero-order chi connectivity index (χ0) is 14.7. The van der Waals surface area contributed by atoms with Gasteiger partial charge in [0.2, 0.25) is 0 Å². The van der Waals surface area contributed by atoms with Crippen LogP contribution in [-0.4, -0.2) is 40.7 Å². The highest BCUT2D eigenvalue weighted by Crippen LogP contribution is 2.22. The molecule has 2 atom stereocenters. The van der Waals surface area contributed by atoms with Crippen LogP contribution in [0, 0.1) is 18.7 Å². The first-order valence-corrected chi connectivity index (χ1v) is 6.86. The van der Waals surface area contributed by atoms with Gasteiger partial charge in [-0.3, -0.25) is 9.69 Å². The van der Waals surface area contributed by atoms with Gasteiger partial charge < -0.3 is 10.2 Å². The van der Waals surface area contributed by atoms with Crippen LogP contribution in [0.2, 0.25) is 0 Å². The van der Waals surface area contributed by atoms with Crippen molar-refractivity contribution in [2.24, 2.45) is 5.92 Å². The van der Waals surface area contributed by atoms with Crippen LogP contribution in [-0.2, 0) is 4.79 Å².